The van der Waals surface area contributed by atoms with Crippen molar-refractivity contribution in [1.29, 1.82) is 0 Å². The lowest BCUT2D eigenvalue weighted by molar-refractivity contribution is -0.385. The number of nitro benzene ring substituents is 1. The van der Waals surface area contributed by atoms with Crippen molar-refractivity contribution >= 4 is 33.4 Å². The maximum absolute atomic E-state index is 11.4. The summed E-state index contributed by atoms with van der Waals surface area (Å²) in [6.07, 6.45) is 0. The predicted molar refractivity (Wildman–Crippen MR) is 61.8 cm³/mol. The second-order valence-corrected chi connectivity index (χ2v) is 4.06. The van der Waals surface area contributed by atoms with Crippen LogP contribution in [0.3, 0.4) is 0 Å². The molecule has 0 amide bonds. The van der Waals surface area contributed by atoms with E-state index in [4.69, 9.17) is 0 Å². The molecule has 0 unspecified atom stereocenters. The average Bonchev–Trinajstić information content (AvgIpc) is 2.26. The minimum absolute atomic E-state index is 0.0288. The number of halogens is 1. The Morgan fingerprint density at radius 1 is 1.47 bits per heavy atom. The third-order valence-electron chi connectivity index (χ3n) is 1.79. The van der Waals surface area contributed by atoms with Gasteiger partial charge >= 0.3 is 5.97 Å². The Kier molecular flexibility index (Phi) is 4.33. The highest BCUT2D eigenvalue weighted by molar-refractivity contribution is 9.10. The molecule has 0 fully saturated rings. The van der Waals surface area contributed by atoms with Crippen molar-refractivity contribution in [2.45, 2.75) is 6.92 Å². The summed E-state index contributed by atoms with van der Waals surface area (Å²) in [5, 5.41) is 10.6. The van der Waals surface area contributed by atoms with Gasteiger partial charge in [-0.25, -0.2) is 4.79 Å². The number of hydrogen-bond acceptors (Lipinski definition) is 5. The van der Waals surface area contributed by atoms with Crippen LogP contribution in [0.15, 0.2) is 22.7 Å². The Bertz CT molecular complexity index is 486. The van der Waals surface area contributed by atoms with Crippen molar-refractivity contribution in [3.05, 3.63) is 38.3 Å². The first-order chi connectivity index (χ1) is 7.91. The molecule has 0 radical (unpaired) electrons. The number of rotatable bonds is 4. The zero-order valence-corrected chi connectivity index (χ0v) is 10.4. The first kappa shape index (κ1) is 13.3. The molecule has 1 aromatic carbocycles. The van der Waals surface area contributed by atoms with Crippen molar-refractivity contribution in [3.63, 3.8) is 0 Å². The fourth-order valence-electron chi connectivity index (χ4n) is 1.03. The van der Waals surface area contributed by atoms with E-state index in [0.717, 1.165) is 6.07 Å². The molecule has 0 saturated carbocycles. The van der Waals surface area contributed by atoms with Gasteiger partial charge in [0.25, 0.3) is 5.69 Å². The van der Waals surface area contributed by atoms with Crippen LogP contribution in [0.2, 0.25) is 0 Å². The summed E-state index contributed by atoms with van der Waals surface area (Å²) in [6.45, 7) is 0.931. The van der Waals surface area contributed by atoms with Gasteiger partial charge in [-0.05, 0) is 35.0 Å². The molecule has 1 aromatic rings. The molecule has 0 aliphatic heterocycles. The smallest absolute Gasteiger partial charge is 0.338 e. The van der Waals surface area contributed by atoms with Crippen LogP contribution in [0, 0.1) is 10.1 Å². The predicted octanol–water partition coefficient (Wildman–Crippen LogP) is 2.10. The summed E-state index contributed by atoms with van der Waals surface area (Å²) in [4.78, 5) is 32.1. The first-order valence-electron chi connectivity index (χ1n) is 4.52. The maximum Gasteiger partial charge on any atom is 0.338 e. The fourth-order valence-corrected chi connectivity index (χ4v) is 1.42. The number of nitro groups is 1. The Morgan fingerprint density at radius 2 is 2.12 bits per heavy atom. The molecule has 17 heavy (non-hydrogen) atoms. The van der Waals surface area contributed by atoms with E-state index in [9.17, 15) is 19.7 Å². The lowest BCUT2D eigenvalue weighted by Crippen LogP contribution is -2.11. The van der Waals surface area contributed by atoms with Gasteiger partial charge in [0.2, 0.25) is 0 Å². The number of carbonyl (C=O) groups is 2. The Morgan fingerprint density at radius 3 is 2.65 bits per heavy atom. The standard InChI is InChI=1S/C10H8BrNO5/c1-6(13)5-17-10(14)7-2-3-8(11)9(4-7)12(15)16/h2-4H,5H2,1H3. The van der Waals surface area contributed by atoms with E-state index >= 15 is 0 Å². The molecule has 7 heteroatoms. The zero-order chi connectivity index (χ0) is 13.0. The molecule has 0 saturated heterocycles. The van der Waals surface area contributed by atoms with Gasteiger partial charge in [0.05, 0.1) is 15.0 Å². The number of ether oxygens (including phenoxy) is 1. The lowest BCUT2D eigenvalue weighted by Gasteiger charge is -2.03. The molecular weight excluding hydrogens is 294 g/mol. The fraction of sp³-hybridized carbons (Fsp3) is 0.200. The van der Waals surface area contributed by atoms with Crippen molar-refractivity contribution in [3.8, 4) is 0 Å². The number of esters is 1. The lowest BCUT2D eigenvalue weighted by atomic mass is 10.2. The van der Waals surface area contributed by atoms with E-state index < -0.39 is 10.9 Å². The second-order valence-electron chi connectivity index (χ2n) is 3.20. The van der Waals surface area contributed by atoms with Crippen molar-refractivity contribution in [2.24, 2.45) is 0 Å². The number of hydrogen-bond donors (Lipinski definition) is 0. The second kappa shape index (κ2) is 5.53. The van der Waals surface area contributed by atoms with Crippen LogP contribution in [-0.2, 0) is 9.53 Å². The van der Waals surface area contributed by atoms with Gasteiger partial charge in [-0.15, -0.1) is 0 Å². The third kappa shape index (κ3) is 3.63. The quantitative estimate of drug-likeness (QED) is 0.483. The summed E-state index contributed by atoms with van der Waals surface area (Å²) >= 11 is 2.99. The molecule has 0 spiro atoms. The number of nitrogens with zero attached hydrogens (tertiary/aromatic N) is 1. The van der Waals surface area contributed by atoms with Gasteiger partial charge in [0.1, 0.15) is 6.61 Å². The summed E-state index contributed by atoms with van der Waals surface area (Å²) in [7, 11) is 0. The number of carbonyl (C=O) groups excluding carboxylic acids is 2. The normalized spacial score (nSPS) is 9.76. The van der Waals surface area contributed by atoms with Gasteiger partial charge in [-0.1, -0.05) is 0 Å². The molecule has 0 aliphatic rings. The van der Waals surface area contributed by atoms with Gasteiger partial charge in [-0.2, -0.15) is 0 Å². The Labute approximate surface area is 105 Å². The van der Waals surface area contributed by atoms with Crippen LogP contribution < -0.4 is 0 Å². The summed E-state index contributed by atoms with van der Waals surface area (Å²) in [5.74, 6) is -1.07. The molecule has 1 rings (SSSR count). The number of ketones is 1. The molecule has 0 bridgehead atoms. The molecular formula is C10H8BrNO5. The van der Waals surface area contributed by atoms with E-state index in [0.29, 0.717) is 0 Å². The highest BCUT2D eigenvalue weighted by atomic mass is 79.9. The van der Waals surface area contributed by atoms with E-state index in [1.807, 2.05) is 0 Å². The minimum atomic E-state index is -0.768. The Balaban J connectivity index is 2.92. The summed E-state index contributed by atoms with van der Waals surface area (Å²) in [5.41, 5.74) is -0.205. The molecule has 0 aliphatic carbocycles. The van der Waals surface area contributed by atoms with Gasteiger partial charge in [-0.3, -0.25) is 14.9 Å². The van der Waals surface area contributed by atoms with Crippen molar-refractivity contribution in [2.75, 3.05) is 6.61 Å². The molecule has 0 atom stereocenters. The van der Waals surface area contributed by atoms with Crippen LogP contribution >= 0.6 is 15.9 Å². The van der Waals surface area contributed by atoms with E-state index in [1.165, 1.54) is 19.1 Å². The van der Waals surface area contributed by atoms with Crippen LogP contribution in [0.1, 0.15) is 17.3 Å². The Hall–Kier alpha value is -1.76. The van der Waals surface area contributed by atoms with Crippen LogP contribution in [0.4, 0.5) is 5.69 Å². The highest BCUT2D eigenvalue weighted by Crippen LogP contribution is 2.25. The summed E-state index contributed by atoms with van der Waals surface area (Å²) in [6, 6.07) is 3.84. The van der Waals surface area contributed by atoms with Crippen LogP contribution in [0.25, 0.3) is 0 Å². The van der Waals surface area contributed by atoms with E-state index in [-0.39, 0.29) is 28.1 Å². The minimum Gasteiger partial charge on any atom is -0.454 e. The molecule has 6 nitrogen and oxygen atoms in total. The molecule has 90 valence electrons. The molecule has 0 aromatic heterocycles. The molecule has 0 heterocycles. The van der Waals surface area contributed by atoms with Crippen molar-refractivity contribution < 1.29 is 19.2 Å². The van der Waals surface area contributed by atoms with Crippen LogP contribution in [0.5, 0.6) is 0 Å². The number of benzene rings is 1. The SMILES string of the molecule is CC(=O)COC(=O)c1ccc(Br)c([N+](=O)[O-])c1. The van der Waals surface area contributed by atoms with Gasteiger partial charge < -0.3 is 4.74 Å². The van der Waals surface area contributed by atoms with Crippen molar-refractivity contribution in [1.82, 2.24) is 0 Å². The average molecular weight is 302 g/mol. The van der Waals surface area contributed by atoms with E-state index in [1.54, 1.807) is 0 Å². The zero-order valence-electron chi connectivity index (χ0n) is 8.81. The maximum atomic E-state index is 11.4. The largest absolute Gasteiger partial charge is 0.454 e. The molecule has 0 N–H and O–H groups in total. The summed E-state index contributed by atoms with van der Waals surface area (Å²) < 4.78 is 4.91. The first-order valence-corrected chi connectivity index (χ1v) is 5.31. The van der Waals surface area contributed by atoms with Gasteiger partial charge in [0.15, 0.2) is 5.78 Å². The topological polar surface area (TPSA) is 86.5 Å². The van der Waals surface area contributed by atoms with E-state index in [2.05, 4.69) is 20.7 Å². The monoisotopic (exact) mass is 301 g/mol. The van der Waals surface area contributed by atoms with Crippen LogP contribution in [-0.4, -0.2) is 23.3 Å². The highest BCUT2D eigenvalue weighted by Gasteiger charge is 2.16. The third-order valence-corrected chi connectivity index (χ3v) is 2.46. The number of Topliss-reactive ketones (excluding diaryl/α,β-unsaturated/α-hetero) is 1. The van der Waals surface area contributed by atoms with Gasteiger partial charge in [0, 0.05) is 6.07 Å².